The van der Waals surface area contributed by atoms with E-state index in [1.807, 2.05) is 0 Å². The van der Waals surface area contributed by atoms with Gasteiger partial charge < -0.3 is 4.79 Å². The molecule has 0 aliphatic rings. The van der Waals surface area contributed by atoms with Gasteiger partial charge in [0.05, 0.1) is 9.40 Å². The van der Waals surface area contributed by atoms with Crippen LogP contribution in [0.2, 0.25) is 0 Å². The predicted octanol–water partition coefficient (Wildman–Crippen LogP) is 2.88. The third kappa shape index (κ3) is 3.43. The first kappa shape index (κ1) is 11.8. The Hall–Kier alpha value is -1.23. The highest BCUT2D eigenvalue weighted by Crippen LogP contribution is 2.26. The molecule has 80 valence electrons. The quantitative estimate of drug-likeness (QED) is 0.625. The Kier molecular flexibility index (Phi) is 3.96. The van der Waals surface area contributed by atoms with Crippen LogP contribution < -0.4 is 0 Å². The summed E-state index contributed by atoms with van der Waals surface area (Å²) in [6.45, 7) is 1.51. The third-order valence-electron chi connectivity index (χ3n) is 1.97. The zero-order valence-electron chi connectivity index (χ0n) is 8.20. The zero-order valence-corrected chi connectivity index (χ0v) is 9.78. The molecule has 1 aromatic carbocycles. The number of nitro benzene ring substituents is 1. The molecule has 0 bridgehead atoms. The van der Waals surface area contributed by atoms with Gasteiger partial charge in [-0.2, -0.15) is 0 Å². The topological polar surface area (TPSA) is 60.2 Å². The minimum atomic E-state index is -0.443. The van der Waals surface area contributed by atoms with Gasteiger partial charge in [0.1, 0.15) is 5.78 Å². The van der Waals surface area contributed by atoms with Gasteiger partial charge in [-0.05, 0) is 40.9 Å². The molecule has 0 fully saturated rings. The van der Waals surface area contributed by atoms with Crippen molar-refractivity contribution < 1.29 is 9.72 Å². The number of Topliss-reactive ketones (excluding diaryl/α,β-unsaturated/α-hetero) is 1. The lowest BCUT2D eigenvalue weighted by Gasteiger charge is -2.00. The number of halogens is 1. The maximum Gasteiger partial charge on any atom is 0.283 e. The van der Waals surface area contributed by atoms with Gasteiger partial charge in [0, 0.05) is 12.5 Å². The molecule has 5 heteroatoms. The number of carbonyl (C=O) groups is 1. The van der Waals surface area contributed by atoms with Crippen molar-refractivity contribution in [2.45, 2.75) is 19.8 Å². The summed E-state index contributed by atoms with van der Waals surface area (Å²) >= 11 is 3.10. The molecular formula is C10H10BrNO3. The van der Waals surface area contributed by atoms with Gasteiger partial charge in [-0.25, -0.2) is 0 Å². The van der Waals surface area contributed by atoms with E-state index >= 15 is 0 Å². The van der Waals surface area contributed by atoms with Crippen LogP contribution in [0, 0.1) is 10.1 Å². The zero-order chi connectivity index (χ0) is 11.4. The third-order valence-corrected chi connectivity index (χ3v) is 2.64. The molecule has 0 atom stereocenters. The Morgan fingerprint density at radius 1 is 1.53 bits per heavy atom. The summed E-state index contributed by atoms with van der Waals surface area (Å²) < 4.78 is 0.457. The van der Waals surface area contributed by atoms with Crippen molar-refractivity contribution in [2.24, 2.45) is 0 Å². The Labute approximate surface area is 95.6 Å². The highest BCUT2D eigenvalue weighted by Gasteiger charge is 2.12. The highest BCUT2D eigenvalue weighted by atomic mass is 79.9. The van der Waals surface area contributed by atoms with Crippen molar-refractivity contribution in [3.8, 4) is 0 Å². The molecule has 0 unspecified atom stereocenters. The summed E-state index contributed by atoms with van der Waals surface area (Å²) in [5, 5.41) is 10.6. The molecule has 0 N–H and O–H groups in total. The number of aryl methyl sites for hydroxylation is 1. The fourth-order valence-electron chi connectivity index (χ4n) is 1.17. The average Bonchev–Trinajstić information content (AvgIpc) is 2.16. The van der Waals surface area contributed by atoms with E-state index < -0.39 is 4.92 Å². The molecule has 0 radical (unpaired) electrons. The van der Waals surface area contributed by atoms with Crippen LogP contribution in [0.5, 0.6) is 0 Å². The van der Waals surface area contributed by atoms with E-state index in [1.54, 1.807) is 12.1 Å². The number of rotatable bonds is 4. The van der Waals surface area contributed by atoms with Gasteiger partial charge in [-0.3, -0.25) is 10.1 Å². The molecule has 0 saturated carbocycles. The molecule has 0 aromatic heterocycles. The van der Waals surface area contributed by atoms with Crippen molar-refractivity contribution in [3.05, 3.63) is 38.3 Å². The molecule has 0 heterocycles. The summed E-state index contributed by atoms with van der Waals surface area (Å²) in [7, 11) is 0. The number of benzene rings is 1. The number of hydrogen-bond donors (Lipinski definition) is 0. The monoisotopic (exact) mass is 271 g/mol. The van der Waals surface area contributed by atoms with Crippen molar-refractivity contribution in [2.75, 3.05) is 0 Å². The largest absolute Gasteiger partial charge is 0.300 e. The second-order valence-electron chi connectivity index (χ2n) is 3.24. The fraction of sp³-hybridized carbons (Fsp3) is 0.300. The van der Waals surface area contributed by atoms with E-state index in [0.717, 1.165) is 5.56 Å². The van der Waals surface area contributed by atoms with Crippen LogP contribution in [0.4, 0.5) is 5.69 Å². The molecule has 4 nitrogen and oxygen atoms in total. The number of nitrogens with zero attached hydrogens (tertiary/aromatic N) is 1. The normalized spacial score (nSPS) is 10.0. The van der Waals surface area contributed by atoms with Crippen LogP contribution in [0.15, 0.2) is 22.7 Å². The van der Waals surface area contributed by atoms with E-state index in [-0.39, 0.29) is 11.5 Å². The molecule has 15 heavy (non-hydrogen) atoms. The van der Waals surface area contributed by atoms with E-state index in [2.05, 4.69) is 15.9 Å². The highest BCUT2D eigenvalue weighted by molar-refractivity contribution is 9.10. The minimum absolute atomic E-state index is 0.0380. The summed E-state index contributed by atoms with van der Waals surface area (Å²) in [4.78, 5) is 20.9. The Bertz CT molecular complexity index is 404. The Morgan fingerprint density at radius 2 is 2.20 bits per heavy atom. The van der Waals surface area contributed by atoms with Crippen LogP contribution in [-0.4, -0.2) is 10.7 Å². The fourth-order valence-corrected chi connectivity index (χ4v) is 1.57. The van der Waals surface area contributed by atoms with Crippen LogP contribution >= 0.6 is 15.9 Å². The van der Waals surface area contributed by atoms with Crippen LogP contribution in [-0.2, 0) is 11.2 Å². The van der Waals surface area contributed by atoms with Gasteiger partial charge in [0.15, 0.2) is 0 Å². The first-order valence-corrected chi connectivity index (χ1v) is 5.22. The molecule has 0 aliphatic carbocycles. The molecule has 0 spiro atoms. The molecule has 1 aromatic rings. The van der Waals surface area contributed by atoms with E-state index in [9.17, 15) is 14.9 Å². The van der Waals surface area contributed by atoms with Crippen molar-refractivity contribution in [3.63, 3.8) is 0 Å². The van der Waals surface area contributed by atoms with Gasteiger partial charge in [-0.15, -0.1) is 0 Å². The first-order valence-electron chi connectivity index (χ1n) is 4.43. The van der Waals surface area contributed by atoms with Crippen molar-refractivity contribution >= 4 is 27.4 Å². The Morgan fingerprint density at radius 3 is 2.73 bits per heavy atom. The lowest BCUT2D eigenvalue weighted by atomic mass is 10.1. The maximum atomic E-state index is 10.8. The Balaban J connectivity index is 2.87. The van der Waals surface area contributed by atoms with Crippen LogP contribution in [0.3, 0.4) is 0 Å². The number of carbonyl (C=O) groups excluding carboxylic acids is 1. The predicted molar refractivity (Wildman–Crippen MR) is 59.8 cm³/mol. The molecule has 1 rings (SSSR count). The minimum Gasteiger partial charge on any atom is -0.300 e. The second-order valence-corrected chi connectivity index (χ2v) is 4.10. The van der Waals surface area contributed by atoms with E-state index in [4.69, 9.17) is 0 Å². The maximum absolute atomic E-state index is 10.8. The van der Waals surface area contributed by atoms with Crippen LogP contribution in [0.1, 0.15) is 18.9 Å². The summed E-state index contributed by atoms with van der Waals surface area (Å²) in [6, 6.07) is 4.90. The second kappa shape index (κ2) is 5.02. The molecular weight excluding hydrogens is 262 g/mol. The number of hydrogen-bond acceptors (Lipinski definition) is 3. The van der Waals surface area contributed by atoms with E-state index in [0.29, 0.717) is 17.3 Å². The lowest BCUT2D eigenvalue weighted by Crippen LogP contribution is -1.96. The number of nitro groups is 1. The van der Waals surface area contributed by atoms with E-state index in [1.165, 1.54) is 13.0 Å². The van der Waals surface area contributed by atoms with Gasteiger partial charge in [-0.1, -0.05) is 6.07 Å². The standard InChI is InChI=1S/C10H10BrNO3/c1-7(13)2-3-8-4-5-9(11)10(6-8)12(14)15/h4-6H,2-3H2,1H3. The van der Waals surface area contributed by atoms with Crippen molar-refractivity contribution in [1.82, 2.24) is 0 Å². The molecule has 0 aliphatic heterocycles. The summed E-state index contributed by atoms with van der Waals surface area (Å²) in [5.41, 5.74) is 0.844. The average molecular weight is 272 g/mol. The summed E-state index contributed by atoms with van der Waals surface area (Å²) in [6.07, 6.45) is 0.961. The lowest BCUT2D eigenvalue weighted by molar-refractivity contribution is -0.385. The SMILES string of the molecule is CC(=O)CCc1ccc(Br)c([N+](=O)[O-])c1. The van der Waals surface area contributed by atoms with Crippen molar-refractivity contribution in [1.29, 1.82) is 0 Å². The van der Waals surface area contributed by atoms with Gasteiger partial charge in [0.2, 0.25) is 0 Å². The molecule has 0 amide bonds. The van der Waals surface area contributed by atoms with Crippen LogP contribution in [0.25, 0.3) is 0 Å². The summed E-state index contributed by atoms with van der Waals surface area (Å²) in [5.74, 6) is 0.0839. The first-order chi connectivity index (χ1) is 7.00. The smallest absolute Gasteiger partial charge is 0.283 e. The van der Waals surface area contributed by atoms with Gasteiger partial charge in [0.25, 0.3) is 5.69 Å². The number of ketones is 1. The van der Waals surface area contributed by atoms with Gasteiger partial charge >= 0.3 is 0 Å². The molecule has 0 saturated heterocycles.